The molecule has 0 radical (unpaired) electrons. The fourth-order valence-electron chi connectivity index (χ4n) is 2.88. The lowest BCUT2D eigenvalue weighted by atomic mass is 9.85. The highest BCUT2D eigenvalue weighted by atomic mass is 32.1. The summed E-state index contributed by atoms with van der Waals surface area (Å²) < 4.78 is 26.7. The highest BCUT2D eigenvalue weighted by Crippen LogP contribution is 2.37. The first-order chi connectivity index (χ1) is 11.1. The standard InChI is InChI=1S/C17H18F2N2OS/c18-17(19)6-3-14(4-7-17)16(22)21(11-13-5-9-23-12-13)15-2-1-8-20-10-15/h1-2,5,8-10,12,14H,3-4,6-7,11H2. The van der Waals surface area contributed by atoms with E-state index in [1.807, 2.05) is 22.9 Å². The van der Waals surface area contributed by atoms with Gasteiger partial charge in [-0.25, -0.2) is 8.78 Å². The van der Waals surface area contributed by atoms with Crippen LogP contribution in [0.4, 0.5) is 14.5 Å². The molecule has 1 aliphatic carbocycles. The van der Waals surface area contributed by atoms with E-state index >= 15 is 0 Å². The zero-order chi connectivity index (χ0) is 16.3. The number of hydrogen-bond acceptors (Lipinski definition) is 3. The maximum absolute atomic E-state index is 13.3. The van der Waals surface area contributed by atoms with Crippen molar-refractivity contribution in [2.24, 2.45) is 5.92 Å². The third-order valence-corrected chi connectivity index (χ3v) is 4.94. The molecule has 3 nitrogen and oxygen atoms in total. The number of thiophene rings is 1. The summed E-state index contributed by atoms with van der Waals surface area (Å²) in [5.41, 5.74) is 1.74. The van der Waals surface area contributed by atoms with Crippen LogP contribution in [0.5, 0.6) is 0 Å². The van der Waals surface area contributed by atoms with Crippen LogP contribution in [0.2, 0.25) is 0 Å². The van der Waals surface area contributed by atoms with Crippen molar-refractivity contribution in [2.75, 3.05) is 4.90 Å². The summed E-state index contributed by atoms with van der Waals surface area (Å²) in [6.07, 6.45) is 3.36. The molecule has 1 amide bonds. The number of rotatable bonds is 4. The van der Waals surface area contributed by atoms with Crippen molar-refractivity contribution in [3.8, 4) is 0 Å². The second-order valence-electron chi connectivity index (χ2n) is 5.90. The minimum atomic E-state index is -2.62. The molecule has 2 aromatic heterocycles. The number of amides is 1. The zero-order valence-electron chi connectivity index (χ0n) is 12.6. The molecule has 23 heavy (non-hydrogen) atoms. The van der Waals surface area contributed by atoms with Gasteiger partial charge in [-0.1, -0.05) is 0 Å². The van der Waals surface area contributed by atoms with Crippen LogP contribution < -0.4 is 4.90 Å². The summed E-state index contributed by atoms with van der Waals surface area (Å²) in [6.45, 7) is 0.445. The van der Waals surface area contributed by atoms with Gasteiger partial charge in [0.25, 0.3) is 0 Å². The van der Waals surface area contributed by atoms with Gasteiger partial charge in [-0.2, -0.15) is 11.3 Å². The van der Waals surface area contributed by atoms with E-state index in [4.69, 9.17) is 0 Å². The van der Waals surface area contributed by atoms with Crippen LogP contribution >= 0.6 is 11.3 Å². The van der Waals surface area contributed by atoms with Gasteiger partial charge in [0.2, 0.25) is 11.8 Å². The number of carbonyl (C=O) groups excluding carboxylic acids is 1. The number of halogens is 2. The Morgan fingerprint density at radius 1 is 1.35 bits per heavy atom. The Balaban J connectivity index is 1.79. The van der Waals surface area contributed by atoms with E-state index in [1.165, 1.54) is 0 Å². The van der Waals surface area contributed by atoms with Crippen molar-refractivity contribution < 1.29 is 13.6 Å². The van der Waals surface area contributed by atoms with Gasteiger partial charge in [0.15, 0.2) is 0 Å². The number of anilines is 1. The van der Waals surface area contributed by atoms with E-state index in [1.54, 1.807) is 34.7 Å². The van der Waals surface area contributed by atoms with Crippen molar-refractivity contribution in [3.05, 3.63) is 46.9 Å². The normalized spacial score (nSPS) is 17.8. The van der Waals surface area contributed by atoms with E-state index in [9.17, 15) is 13.6 Å². The molecule has 0 bridgehead atoms. The number of carbonyl (C=O) groups is 1. The van der Waals surface area contributed by atoms with Gasteiger partial charge < -0.3 is 4.90 Å². The summed E-state index contributed by atoms with van der Waals surface area (Å²) in [6, 6.07) is 5.57. The molecule has 1 aliphatic rings. The summed E-state index contributed by atoms with van der Waals surface area (Å²) >= 11 is 1.57. The Morgan fingerprint density at radius 3 is 2.74 bits per heavy atom. The van der Waals surface area contributed by atoms with E-state index in [0.717, 1.165) is 5.56 Å². The topological polar surface area (TPSA) is 33.2 Å². The van der Waals surface area contributed by atoms with Gasteiger partial charge in [0.05, 0.1) is 18.4 Å². The number of aromatic nitrogens is 1. The van der Waals surface area contributed by atoms with E-state index in [2.05, 4.69) is 4.98 Å². The Hall–Kier alpha value is -1.82. The number of hydrogen-bond donors (Lipinski definition) is 0. The lowest BCUT2D eigenvalue weighted by molar-refractivity contribution is -0.126. The van der Waals surface area contributed by atoms with Crippen LogP contribution in [0.15, 0.2) is 41.4 Å². The maximum Gasteiger partial charge on any atom is 0.248 e. The molecule has 0 saturated heterocycles. The molecule has 0 unspecified atom stereocenters. The molecule has 0 aromatic carbocycles. The second-order valence-corrected chi connectivity index (χ2v) is 6.68. The Labute approximate surface area is 138 Å². The van der Waals surface area contributed by atoms with Crippen LogP contribution in [0, 0.1) is 5.92 Å². The molecule has 1 fully saturated rings. The second kappa shape index (κ2) is 6.74. The molecule has 3 rings (SSSR count). The minimum Gasteiger partial charge on any atom is -0.306 e. The fourth-order valence-corrected chi connectivity index (χ4v) is 3.54. The lowest BCUT2D eigenvalue weighted by Crippen LogP contribution is -2.39. The molecular weight excluding hydrogens is 318 g/mol. The van der Waals surface area contributed by atoms with Gasteiger partial charge >= 0.3 is 0 Å². The first-order valence-corrected chi connectivity index (χ1v) is 8.60. The summed E-state index contributed by atoms with van der Waals surface area (Å²) in [7, 11) is 0. The van der Waals surface area contributed by atoms with Gasteiger partial charge in [0.1, 0.15) is 0 Å². The van der Waals surface area contributed by atoms with Gasteiger partial charge in [0, 0.05) is 25.0 Å². The average Bonchev–Trinajstić information content (AvgIpc) is 3.06. The molecule has 0 spiro atoms. The van der Waals surface area contributed by atoms with Crippen LogP contribution in [0.25, 0.3) is 0 Å². The number of nitrogens with zero attached hydrogens (tertiary/aromatic N) is 2. The van der Waals surface area contributed by atoms with Crippen LogP contribution in [0.3, 0.4) is 0 Å². The third-order valence-electron chi connectivity index (χ3n) is 4.21. The SMILES string of the molecule is O=C(C1CCC(F)(F)CC1)N(Cc1ccsc1)c1cccnc1. The van der Waals surface area contributed by atoms with Crippen molar-refractivity contribution in [3.63, 3.8) is 0 Å². The summed E-state index contributed by atoms with van der Waals surface area (Å²) in [4.78, 5) is 18.6. The number of alkyl halides is 2. The van der Waals surface area contributed by atoms with Crippen LogP contribution in [-0.2, 0) is 11.3 Å². The van der Waals surface area contributed by atoms with Gasteiger partial charge in [-0.15, -0.1) is 0 Å². The highest BCUT2D eigenvalue weighted by Gasteiger charge is 2.38. The van der Waals surface area contributed by atoms with E-state index in [0.29, 0.717) is 12.2 Å². The molecule has 2 heterocycles. The molecule has 2 aromatic rings. The van der Waals surface area contributed by atoms with Crippen molar-refractivity contribution in [1.82, 2.24) is 4.98 Å². The smallest absolute Gasteiger partial charge is 0.248 e. The monoisotopic (exact) mass is 336 g/mol. The van der Waals surface area contributed by atoms with Crippen LogP contribution in [-0.4, -0.2) is 16.8 Å². The largest absolute Gasteiger partial charge is 0.306 e. The number of pyridine rings is 1. The molecule has 0 N–H and O–H groups in total. The van der Waals surface area contributed by atoms with Gasteiger partial charge in [-0.3, -0.25) is 9.78 Å². The Morgan fingerprint density at radius 2 is 2.13 bits per heavy atom. The van der Waals surface area contributed by atoms with Crippen molar-refractivity contribution in [1.29, 1.82) is 0 Å². The summed E-state index contributed by atoms with van der Waals surface area (Å²) in [5.74, 6) is -3.04. The van der Waals surface area contributed by atoms with Crippen LogP contribution in [0.1, 0.15) is 31.2 Å². The quantitative estimate of drug-likeness (QED) is 0.823. The predicted molar refractivity (Wildman–Crippen MR) is 86.7 cm³/mol. The zero-order valence-corrected chi connectivity index (χ0v) is 13.4. The lowest BCUT2D eigenvalue weighted by Gasteiger charge is -2.32. The molecule has 0 atom stereocenters. The maximum atomic E-state index is 13.3. The van der Waals surface area contributed by atoms with Crippen molar-refractivity contribution in [2.45, 2.75) is 38.2 Å². The molecule has 0 aliphatic heterocycles. The average molecular weight is 336 g/mol. The minimum absolute atomic E-state index is 0.0836. The highest BCUT2D eigenvalue weighted by molar-refractivity contribution is 7.07. The molecule has 1 saturated carbocycles. The van der Waals surface area contributed by atoms with E-state index < -0.39 is 5.92 Å². The van der Waals surface area contributed by atoms with Gasteiger partial charge in [-0.05, 0) is 47.4 Å². The fraction of sp³-hybridized carbons (Fsp3) is 0.412. The molecule has 6 heteroatoms. The summed E-state index contributed by atoms with van der Waals surface area (Å²) in [5, 5.41) is 3.95. The van der Waals surface area contributed by atoms with E-state index in [-0.39, 0.29) is 37.5 Å². The Bertz CT molecular complexity index is 636. The third kappa shape index (κ3) is 3.93. The van der Waals surface area contributed by atoms with Crippen molar-refractivity contribution >= 4 is 22.9 Å². The Kier molecular flexibility index (Phi) is 4.71. The predicted octanol–water partition coefficient (Wildman–Crippen LogP) is 4.50. The first kappa shape index (κ1) is 16.1. The first-order valence-electron chi connectivity index (χ1n) is 7.65. The molecular formula is C17H18F2N2OS. The molecule has 122 valence electrons.